The van der Waals surface area contributed by atoms with Crippen LogP contribution >= 0.6 is 0 Å². The molecule has 2 aromatic rings. The molecule has 5 aliphatic rings. The molecule has 5 heterocycles. The number of hydrogen-bond donors (Lipinski definition) is 21. The van der Waals surface area contributed by atoms with Gasteiger partial charge in [0.15, 0.2) is 30.5 Å². The van der Waals surface area contributed by atoms with Gasteiger partial charge in [0, 0.05) is 18.8 Å². The predicted molar refractivity (Wildman–Crippen MR) is 311 cm³/mol. The SMILES string of the molecule is CCCC(=O)OC1C(O)C(CO)OC(OC2C(CO)OC(Oc3ccc(CC(NC(=O)C(N)C(C)c4ccccc4)C(=O)NC(C(=O)NC(C(=O)NC(C=O)CO)C(O)C4CN=C(N)N4C4OC(CO)C(O)C(O)C4O)C(O)C4CN=C(N)N4)cc3)C(O)C2O)C1O. The van der Waals surface area contributed by atoms with Crippen molar-refractivity contribution >= 4 is 47.8 Å². The molecule has 0 aliphatic carbocycles. The van der Waals surface area contributed by atoms with Crippen LogP contribution in [-0.4, -0.2) is 305 Å². The first kappa shape index (κ1) is 72.5. The van der Waals surface area contributed by atoms with E-state index in [1.165, 1.54) is 24.3 Å². The molecule has 36 heteroatoms. The Morgan fingerprint density at radius 2 is 1.32 bits per heavy atom. The molecule has 7 rings (SSSR count). The van der Waals surface area contributed by atoms with E-state index in [2.05, 4.69) is 36.6 Å². The zero-order valence-corrected chi connectivity index (χ0v) is 49.9. The first-order chi connectivity index (χ1) is 43.8. The topological polar surface area (TPSA) is 587 Å². The number of aliphatic hydroxyl groups excluding tert-OH is 13. The third-order valence-electron chi connectivity index (χ3n) is 16.4. The molecule has 3 saturated heterocycles. The Morgan fingerprint density at radius 1 is 0.696 bits per heavy atom. The molecule has 512 valence electrons. The summed E-state index contributed by atoms with van der Waals surface area (Å²) in [6.07, 6.45) is -30.8. The summed E-state index contributed by atoms with van der Waals surface area (Å²) in [5, 5.41) is 153. The van der Waals surface area contributed by atoms with Gasteiger partial charge < -0.3 is 148 Å². The van der Waals surface area contributed by atoms with E-state index in [1.807, 2.05) is 0 Å². The van der Waals surface area contributed by atoms with Gasteiger partial charge in [0.1, 0.15) is 116 Å². The summed E-state index contributed by atoms with van der Waals surface area (Å²) in [4.78, 5) is 91.4. The largest absolute Gasteiger partial charge is 0.462 e. The van der Waals surface area contributed by atoms with Gasteiger partial charge in [0.2, 0.25) is 29.9 Å². The standard InChI is InChI=1S/C56H83N11O25/c1-3-7-33(73)91-47-40(77)31(20-71)89-54(45(47)82)92-46-32(21-72)90-53(44(81)42(46)79)87-26-12-10-23(11-13-26)14-27(63-49(84)34(57)22(2)24-8-5-4-6-9-24)48(83)65-35(37(74)28-15-60-55(58)64-28)51(86)66-36(50(85)62-25(17-68)18-69)38(75)29-16-61-56(59)67(29)52-43(80)41(78)39(76)30(19-70)88-52/h4-6,8-13,17,22,25,27-32,34-47,52-54,69-72,74-82H,3,7,14-16,18-21,57H2,1-2H3,(H2,59,61)(H,62,85)(H,63,84)(H,65,83)(H,66,86)(H3,58,60,64). The van der Waals surface area contributed by atoms with Gasteiger partial charge in [0.25, 0.3) is 0 Å². The number of guanidine groups is 2. The predicted octanol–water partition coefficient (Wildman–Crippen LogP) is -11.3. The Balaban J connectivity index is 1.14. The van der Waals surface area contributed by atoms with Crippen LogP contribution in [0.3, 0.4) is 0 Å². The molecule has 5 aliphatic heterocycles. The Labute approximate surface area is 525 Å². The van der Waals surface area contributed by atoms with Crippen LogP contribution in [0.15, 0.2) is 64.6 Å². The maximum absolute atomic E-state index is 14.9. The fourth-order valence-corrected chi connectivity index (χ4v) is 11.0. The highest BCUT2D eigenvalue weighted by Crippen LogP contribution is 2.33. The Morgan fingerprint density at radius 3 is 1.92 bits per heavy atom. The molecule has 0 radical (unpaired) electrons. The lowest BCUT2D eigenvalue weighted by atomic mass is 9.93. The van der Waals surface area contributed by atoms with Crippen molar-refractivity contribution in [2.75, 3.05) is 39.5 Å². The minimum Gasteiger partial charge on any atom is -0.462 e. The third-order valence-corrected chi connectivity index (χ3v) is 16.4. The van der Waals surface area contributed by atoms with Crippen LogP contribution in [0.2, 0.25) is 0 Å². The molecule has 0 saturated carbocycles. The van der Waals surface area contributed by atoms with Crippen LogP contribution in [0.4, 0.5) is 0 Å². The van der Waals surface area contributed by atoms with Crippen molar-refractivity contribution in [1.82, 2.24) is 31.5 Å². The second kappa shape index (κ2) is 32.8. The smallest absolute Gasteiger partial charge is 0.306 e. The van der Waals surface area contributed by atoms with Crippen molar-refractivity contribution < 1.29 is 124 Å². The average Bonchev–Trinajstić information content (AvgIpc) is 1.41. The van der Waals surface area contributed by atoms with E-state index in [-0.39, 0.29) is 36.5 Å². The molecule has 92 heavy (non-hydrogen) atoms. The lowest BCUT2D eigenvalue weighted by molar-refractivity contribution is -0.353. The summed E-state index contributed by atoms with van der Waals surface area (Å²) in [5.41, 5.74) is 19.5. The summed E-state index contributed by atoms with van der Waals surface area (Å²) in [5.74, 6) is -7.01. The van der Waals surface area contributed by atoms with Gasteiger partial charge in [-0.25, -0.2) is 0 Å². The number of esters is 1. The number of ether oxygens (including phenoxy) is 6. The highest BCUT2D eigenvalue weighted by atomic mass is 16.7. The van der Waals surface area contributed by atoms with Gasteiger partial charge >= 0.3 is 5.97 Å². The summed E-state index contributed by atoms with van der Waals surface area (Å²) in [6, 6.07) is 2.07. The molecule has 24 N–H and O–H groups in total. The number of benzene rings is 2. The molecule has 25 atom stereocenters. The number of carbonyl (C=O) groups excluding carboxylic acids is 6. The number of carbonyl (C=O) groups is 6. The van der Waals surface area contributed by atoms with E-state index in [0.29, 0.717) is 12.0 Å². The molecule has 0 aromatic heterocycles. The molecule has 36 nitrogen and oxygen atoms in total. The second-order valence-electron chi connectivity index (χ2n) is 22.7. The molecule has 25 unspecified atom stereocenters. The minimum absolute atomic E-state index is 0.0554. The molecule has 3 fully saturated rings. The minimum atomic E-state index is -2.26. The second-order valence-corrected chi connectivity index (χ2v) is 22.7. The van der Waals surface area contributed by atoms with Gasteiger partial charge in [-0.15, -0.1) is 0 Å². The van der Waals surface area contributed by atoms with E-state index in [9.17, 15) is 95.2 Å². The van der Waals surface area contributed by atoms with Gasteiger partial charge in [0.05, 0.1) is 57.6 Å². The number of nitrogens with zero attached hydrogens (tertiary/aromatic N) is 3. The lowest BCUT2D eigenvalue weighted by Gasteiger charge is -2.46. The Hall–Kier alpha value is -6.92. The number of nitrogens with one attached hydrogen (secondary N) is 5. The first-order valence-corrected chi connectivity index (χ1v) is 29.6. The molecular weight excluding hydrogens is 1230 g/mol. The van der Waals surface area contributed by atoms with E-state index in [1.54, 1.807) is 44.2 Å². The van der Waals surface area contributed by atoms with Crippen LogP contribution < -0.4 is 48.5 Å². The van der Waals surface area contributed by atoms with Gasteiger partial charge in [-0.05, 0) is 29.7 Å². The van der Waals surface area contributed by atoms with Crippen molar-refractivity contribution in [3.05, 3.63) is 65.7 Å². The Kier molecular flexibility index (Phi) is 25.8. The van der Waals surface area contributed by atoms with Gasteiger partial charge in [-0.2, -0.15) is 0 Å². The first-order valence-electron chi connectivity index (χ1n) is 29.6. The number of hydrogen-bond acceptors (Lipinski definition) is 32. The number of aliphatic imine (C=N–C) groups is 2. The van der Waals surface area contributed by atoms with Gasteiger partial charge in [-0.3, -0.25) is 34.0 Å². The monoisotopic (exact) mass is 1310 g/mol. The molecule has 2 aromatic carbocycles. The number of rotatable bonds is 29. The van der Waals surface area contributed by atoms with Crippen molar-refractivity contribution in [3.8, 4) is 5.75 Å². The number of aldehydes is 1. The van der Waals surface area contributed by atoms with Crippen LogP contribution in [-0.2, 0) is 58.9 Å². The highest BCUT2D eigenvalue weighted by Gasteiger charge is 2.54. The zero-order chi connectivity index (χ0) is 67.4. The fraction of sp³-hybridized carbons (Fsp3) is 0.643. The normalized spacial score (nSPS) is 32.3. The third kappa shape index (κ3) is 16.9. The summed E-state index contributed by atoms with van der Waals surface area (Å²) in [7, 11) is 0. The lowest BCUT2D eigenvalue weighted by Crippen LogP contribution is -2.70. The fourth-order valence-electron chi connectivity index (χ4n) is 11.0. The van der Waals surface area contributed by atoms with Crippen molar-refractivity contribution in [2.24, 2.45) is 27.2 Å². The highest BCUT2D eigenvalue weighted by molar-refractivity contribution is 5.96. The van der Waals surface area contributed by atoms with Gasteiger partial charge in [-0.1, -0.05) is 56.3 Å². The summed E-state index contributed by atoms with van der Waals surface area (Å²) in [6.45, 7) is -1.05. The quantitative estimate of drug-likeness (QED) is 0.0266. The van der Waals surface area contributed by atoms with Crippen molar-refractivity contribution in [2.45, 2.75) is 186 Å². The number of nitrogens with two attached hydrogens (primary N) is 3. The molecule has 4 amide bonds. The summed E-state index contributed by atoms with van der Waals surface area (Å²) < 4.78 is 33.9. The van der Waals surface area contributed by atoms with Crippen LogP contribution in [0, 0.1) is 0 Å². The molecule has 0 bridgehead atoms. The maximum Gasteiger partial charge on any atom is 0.306 e. The Bertz CT molecular complexity index is 2850. The number of amides is 4. The van der Waals surface area contributed by atoms with E-state index in [4.69, 9.17) is 45.6 Å². The van der Waals surface area contributed by atoms with Crippen LogP contribution in [0.1, 0.15) is 43.7 Å². The van der Waals surface area contributed by atoms with E-state index in [0.717, 1.165) is 4.90 Å². The van der Waals surface area contributed by atoms with E-state index < -0.39 is 227 Å². The zero-order valence-electron chi connectivity index (χ0n) is 49.9. The maximum atomic E-state index is 14.9. The van der Waals surface area contributed by atoms with Crippen LogP contribution in [0.25, 0.3) is 0 Å². The molecular formula is C56H83N11O25. The van der Waals surface area contributed by atoms with E-state index >= 15 is 0 Å². The van der Waals surface area contributed by atoms with Crippen molar-refractivity contribution in [1.29, 1.82) is 0 Å². The van der Waals surface area contributed by atoms with Crippen molar-refractivity contribution in [3.63, 3.8) is 0 Å². The average molecular weight is 1310 g/mol. The van der Waals surface area contributed by atoms with Crippen LogP contribution in [0.5, 0.6) is 5.75 Å². The summed E-state index contributed by atoms with van der Waals surface area (Å²) >= 11 is 0. The molecule has 0 spiro atoms. The number of aliphatic hydroxyl groups is 13.